The van der Waals surface area contributed by atoms with E-state index < -0.39 is 47.9 Å². The van der Waals surface area contributed by atoms with Crippen molar-refractivity contribution in [3.05, 3.63) is 0 Å². The molecule has 0 saturated heterocycles. The number of carbonyl (C=O) groups excluding carboxylic acids is 3. The van der Waals surface area contributed by atoms with Gasteiger partial charge in [0, 0.05) is 0 Å². The number of carboxylic acids is 1. The van der Waals surface area contributed by atoms with Crippen LogP contribution in [0.3, 0.4) is 0 Å². The molecule has 0 aromatic heterocycles. The average Bonchev–Trinajstić information content (AvgIpc) is 2.67. The van der Waals surface area contributed by atoms with Crippen molar-refractivity contribution in [2.24, 2.45) is 17.4 Å². The number of unbranched alkanes of at least 4 members (excludes halogenated alkanes) is 1. The number of carboxylic acid groups (broad SMARTS) is 1. The fourth-order valence-corrected chi connectivity index (χ4v) is 2.60. The number of carbonyl (C=O) groups is 4. The van der Waals surface area contributed by atoms with Crippen LogP contribution in [0.2, 0.25) is 0 Å². The minimum atomic E-state index is -1.30. The maximum absolute atomic E-state index is 12.7. The Bertz CT molecular complexity index is 557. The molecule has 0 heterocycles. The Balaban J connectivity index is 5.36. The Morgan fingerprint density at radius 2 is 1.55 bits per heavy atom. The summed E-state index contributed by atoms with van der Waals surface area (Å²) in [4.78, 5) is 48.2. The van der Waals surface area contributed by atoms with Gasteiger partial charge in [-0.15, -0.1) is 0 Å². The van der Waals surface area contributed by atoms with E-state index in [1.165, 1.54) is 6.92 Å². The van der Waals surface area contributed by atoms with Gasteiger partial charge in [-0.2, -0.15) is 0 Å². The minimum Gasteiger partial charge on any atom is -0.480 e. The molecule has 0 aliphatic heterocycles. The number of hydrogen-bond acceptors (Lipinski definition) is 7. The molecule has 29 heavy (non-hydrogen) atoms. The van der Waals surface area contributed by atoms with Crippen molar-refractivity contribution in [2.45, 2.75) is 70.7 Å². The number of rotatable bonds is 14. The standard InChI is InChI=1S/C18H35N5O6/c1-4-10(2)14(18(28)29)23-16(26)12(7-5-6-8-19)21-17(27)15(11(3)24)22-13(25)9-20/h10-12,14-15,24H,4-9,19-20H2,1-3H3,(H,21,27)(H,22,25)(H,23,26)(H,28,29). The molecule has 0 spiro atoms. The van der Waals surface area contributed by atoms with Crippen molar-refractivity contribution in [1.82, 2.24) is 16.0 Å². The molecule has 0 aliphatic carbocycles. The van der Waals surface area contributed by atoms with Gasteiger partial charge in [0.1, 0.15) is 18.1 Å². The second-order valence-corrected chi connectivity index (χ2v) is 7.05. The first-order valence-corrected chi connectivity index (χ1v) is 9.80. The predicted octanol–water partition coefficient (Wildman–Crippen LogP) is -1.96. The summed E-state index contributed by atoms with van der Waals surface area (Å²) >= 11 is 0. The Labute approximate surface area is 171 Å². The highest BCUT2D eigenvalue weighted by Crippen LogP contribution is 2.10. The van der Waals surface area contributed by atoms with Gasteiger partial charge in [-0.1, -0.05) is 20.3 Å². The topological polar surface area (TPSA) is 197 Å². The molecular weight excluding hydrogens is 382 g/mol. The van der Waals surface area contributed by atoms with E-state index in [2.05, 4.69) is 16.0 Å². The lowest BCUT2D eigenvalue weighted by Gasteiger charge is -2.27. The van der Waals surface area contributed by atoms with Crippen LogP contribution in [0.4, 0.5) is 0 Å². The summed E-state index contributed by atoms with van der Waals surface area (Å²) < 4.78 is 0. The largest absolute Gasteiger partial charge is 0.480 e. The molecule has 0 aromatic rings. The third kappa shape index (κ3) is 9.68. The molecule has 11 heteroatoms. The molecule has 9 N–H and O–H groups in total. The van der Waals surface area contributed by atoms with Crippen molar-refractivity contribution < 1.29 is 29.4 Å². The van der Waals surface area contributed by atoms with Crippen LogP contribution < -0.4 is 27.4 Å². The van der Waals surface area contributed by atoms with Gasteiger partial charge in [0.25, 0.3) is 0 Å². The molecular formula is C18H35N5O6. The van der Waals surface area contributed by atoms with Crippen LogP contribution in [0.15, 0.2) is 0 Å². The molecule has 0 saturated carbocycles. The molecule has 0 aromatic carbocycles. The van der Waals surface area contributed by atoms with Crippen molar-refractivity contribution >= 4 is 23.7 Å². The normalized spacial score (nSPS) is 16.1. The van der Waals surface area contributed by atoms with Crippen LogP contribution in [-0.4, -0.2) is 71.2 Å². The van der Waals surface area contributed by atoms with Crippen LogP contribution in [0, 0.1) is 5.92 Å². The highest BCUT2D eigenvalue weighted by molar-refractivity contribution is 5.93. The zero-order valence-electron chi connectivity index (χ0n) is 17.3. The maximum atomic E-state index is 12.7. The van der Waals surface area contributed by atoms with E-state index in [9.17, 15) is 29.4 Å². The zero-order chi connectivity index (χ0) is 22.6. The first-order valence-electron chi connectivity index (χ1n) is 9.80. The van der Waals surface area contributed by atoms with Crippen molar-refractivity contribution in [1.29, 1.82) is 0 Å². The van der Waals surface area contributed by atoms with E-state index in [-0.39, 0.29) is 18.9 Å². The maximum Gasteiger partial charge on any atom is 0.326 e. The van der Waals surface area contributed by atoms with Crippen LogP contribution in [0.1, 0.15) is 46.5 Å². The van der Waals surface area contributed by atoms with Gasteiger partial charge < -0.3 is 37.6 Å². The molecule has 0 fully saturated rings. The quantitative estimate of drug-likeness (QED) is 0.158. The third-order valence-electron chi connectivity index (χ3n) is 4.62. The van der Waals surface area contributed by atoms with Gasteiger partial charge in [0.15, 0.2) is 0 Å². The minimum absolute atomic E-state index is 0.221. The number of aliphatic carboxylic acids is 1. The van der Waals surface area contributed by atoms with Crippen LogP contribution in [0.25, 0.3) is 0 Å². The highest BCUT2D eigenvalue weighted by atomic mass is 16.4. The van der Waals surface area contributed by atoms with Crippen LogP contribution in [0.5, 0.6) is 0 Å². The molecule has 168 valence electrons. The number of nitrogens with two attached hydrogens (primary N) is 2. The van der Waals surface area contributed by atoms with E-state index in [0.29, 0.717) is 25.8 Å². The van der Waals surface area contributed by atoms with Crippen molar-refractivity contribution in [3.63, 3.8) is 0 Å². The van der Waals surface area contributed by atoms with Gasteiger partial charge in [0.05, 0.1) is 12.6 Å². The Morgan fingerprint density at radius 1 is 0.931 bits per heavy atom. The second-order valence-electron chi connectivity index (χ2n) is 7.05. The molecule has 5 unspecified atom stereocenters. The lowest BCUT2D eigenvalue weighted by molar-refractivity contribution is -0.144. The summed E-state index contributed by atoms with van der Waals surface area (Å²) in [7, 11) is 0. The fourth-order valence-electron chi connectivity index (χ4n) is 2.60. The molecule has 0 radical (unpaired) electrons. The van der Waals surface area contributed by atoms with E-state index >= 15 is 0 Å². The molecule has 11 nitrogen and oxygen atoms in total. The summed E-state index contributed by atoms with van der Waals surface area (Å²) in [5.74, 6) is -3.55. The van der Waals surface area contributed by atoms with Gasteiger partial charge >= 0.3 is 5.97 Å². The molecule has 0 bridgehead atoms. The van der Waals surface area contributed by atoms with Crippen molar-refractivity contribution in [2.75, 3.05) is 13.1 Å². The van der Waals surface area contributed by atoms with E-state index in [0.717, 1.165) is 0 Å². The molecule has 5 atom stereocenters. The Kier molecular flexibility index (Phi) is 12.8. The summed E-state index contributed by atoms with van der Waals surface area (Å²) in [6.07, 6.45) is 0.655. The summed E-state index contributed by atoms with van der Waals surface area (Å²) in [5, 5.41) is 26.4. The highest BCUT2D eigenvalue weighted by Gasteiger charge is 2.32. The van der Waals surface area contributed by atoms with Crippen LogP contribution in [-0.2, 0) is 19.2 Å². The third-order valence-corrected chi connectivity index (χ3v) is 4.62. The van der Waals surface area contributed by atoms with E-state index in [4.69, 9.17) is 11.5 Å². The predicted molar refractivity (Wildman–Crippen MR) is 107 cm³/mol. The summed E-state index contributed by atoms with van der Waals surface area (Å²) in [6.45, 7) is 4.85. The average molecular weight is 418 g/mol. The number of aliphatic hydroxyl groups is 1. The van der Waals surface area contributed by atoms with Gasteiger partial charge in [-0.25, -0.2) is 4.79 Å². The van der Waals surface area contributed by atoms with Crippen LogP contribution >= 0.6 is 0 Å². The second kappa shape index (κ2) is 13.9. The van der Waals surface area contributed by atoms with Gasteiger partial charge in [0.2, 0.25) is 17.7 Å². The fraction of sp³-hybridized carbons (Fsp3) is 0.778. The zero-order valence-corrected chi connectivity index (χ0v) is 17.3. The van der Waals surface area contributed by atoms with Gasteiger partial charge in [-0.3, -0.25) is 14.4 Å². The van der Waals surface area contributed by atoms with Crippen molar-refractivity contribution in [3.8, 4) is 0 Å². The SMILES string of the molecule is CCC(C)C(NC(=O)C(CCCCN)NC(=O)C(NC(=O)CN)C(C)O)C(=O)O. The van der Waals surface area contributed by atoms with Gasteiger partial charge in [-0.05, 0) is 38.6 Å². The number of hydrogen-bond donors (Lipinski definition) is 7. The first kappa shape index (κ1) is 26.8. The lowest BCUT2D eigenvalue weighted by Crippen LogP contribution is -2.59. The molecule has 0 aliphatic rings. The smallest absolute Gasteiger partial charge is 0.326 e. The summed E-state index contributed by atoms with van der Waals surface area (Å²) in [5.41, 5.74) is 10.7. The molecule has 3 amide bonds. The lowest BCUT2D eigenvalue weighted by atomic mass is 9.98. The number of amides is 3. The monoisotopic (exact) mass is 417 g/mol. The molecule has 0 rings (SSSR count). The number of aliphatic hydroxyl groups excluding tert-OH is 1. The number of nitrogens with one attached hydrogen (secondary N) is 3. The Hall–Kier alpha value is -2.24. The Morgan fingerprint density at radius 3 is 2.00 bits per heavy atom. The van der Waals surface area contributed by atoms with E-state index in [1.807, 2.05) is 0 Å². The van der Waals surface area contributed by atoms with E-state index in [1.54, 1.807) is 13.8 Å². The summed E-state index contributed by atoms with van der Waals surface area (Å²) in [6, 6.07) is -3.46. The first-order chi connectivity index (χ1) is 13.6.